The van der Waals surface area contributed by atoms with Crippen molar-refractivity contribution in [2.45, 2.75) is 19.8 Å². The van der Waals surface area contributed by atoms with Crippen molar-refractivity contribution in [1.29, 1.82) is 0 Å². The van der Waals surface area contributed by atoms with Crippen molar-refractivity contribution in [3.05, 3.63) is 48.8 Å². The zero-order valence-electron chi connectivity index (χ0n) is 18.5. The van der Waals surface area contributed by atoms with Gasteiger partial charge in [-0.25, -0.2) is 9.97 Å². The number of benzene rings is 1. The molecule has 2 aliphatic heterocycles. The highest BCUT2D eigenvalue weighted by Crippen LogP contribution is 2.24. The maximum atomic E-state index is 5.51. The van der Waals surface area contributed by atoms with Crippen molar-refractivity contribution >= 4 is 17.5 Å². The number of hydrogen-bond acceptors (Lipinski definition) is 8. The molecule has 2 fully saturated rings. The Labute approximate surface area is 188 Å². The molecular formula is C24H29N7O. The van der Waals surface area contributed by atoms with Crippen molar-refractivity contribution in [3.8, 4) is 17.0 Å². The highest BCUT2D eigenvalue weighted by Gasteiger charge is 2.21. The topological polar surface area (TPSA) is 70.5 Å². The molecule has 2 aliphatic rings. The molecule has 1 aromatic carbocycles. The Bertz CT molecular complexity index is 1010. The highest BCUT2D eigenvalue weighted by atomic mass is 16.5. The van der Waals surface area contributed by atoms with Crippen LogP contribution in [-0.4, -0.2) is 66.0 Å². The van der Waals surface area contributed by atoms with Gasteiger partial charge in [0.15, 0.2) is 5.82 Å². The molecule has 5 rings (SSSR count). The third-order valence-corrected chi connectivity index (χ3v) is 6.11. The molecule has 2 saturated heterocycles. The Kier molecular flexibility index (Phi) is 6.00. The number of anilines is 3. The fourth-order valence-electron chi connectivity index (χ4n) is 4.33. The van der Waals surface area contributed by atoms with Crippen LogP contribution in [0.5, 0.6) is 5.75 Å². The van der Waals surface area contributed by atoms with Crippen LogP contribution < -0.4 is 19.4 Å². The molecule has 3 aromatic rings. The van der Waals surface area contributed by atoms with Crippen molar-refractivity contribution in [1.82, 2.24) is 20.2 Å². The lowest BCUT2D eigenvalue weighted by molar-refractivity contribution is 0.340. The van der Waals surface area contributed by atoms with Gasteiger partial charge in [-0.15, -0.1) is 10.2 Å². The van der Waals surface area contributed by atoms with E-state index >= 15 is 0 Å². The van der Waals surface area contributed by atoms with Crippen LogP contribution in [0.4, 0.5) is 17.5 Å². The molecule has 0 saturated carbocycles. The molecule has 0 bridgehead atoms. The maximum absolute atomic E-state index is 5.51. The minimum atomic E-state index is 0.665. The fourth-order valence-corrected chi connectivity index (χ4v) is 4.33. The Hall–Kier alpha value is -3.42. The number of piperazine rings is 1. The normalized spacial score (nSPS) is 16.5. The predicted octanol–water partition coefficient (Wildman–Crippen LogP) is 3.26. The van der Waals surface area contributed by atoms with Gasteiger partial charge in [0.2, 0.25) is 0 Å². The summed E-state index contributed by atoms with van der Waals surface area (Å²) < 4.78 is 5.51. The largest absolute Gasteiger partial charge is 0.494 e. The maximum Gasteiger partial charge on any atom is 0.151 e. The zero-order chi connectivity index (χ0) is 21.8. The molecule has 0 amide bonds. The Morgan fingerprint density at radius 2 is 1.34 bits per heavy atom. The monoisotopic (exact) mass is 431 g/mol. The first-order chi connectivity index (χ1) is 15.8. The molecule has 0 atom stereocenters. The molecule has 8 nitrogen and oxygen atoms in total. The zero-order valence-corrected chi connectivity index (χ0v) is 18.5. The molecule has 8 heteroatoms. The molecule has 166 valence electrons. The third-order valence-electron chi connectivity index (χ3n) is 6.11. The summed E-state index contributed by atoms with van der Waals surface area (Å²) in [6.45, 7) is 8.41. The van der Waals surface area contributed by atoms with Crippen molar-refractivity contribution < 1.29 is 4.74 Å². The van der Waals surface area contributed by atoms with Crippen molar-refractivity contribution in [2.75, 3.05) is 60.6 Å². The van der Waals surface area contributed by atoms with E-state index in [2.05, 4.69) is 47.0 Å². The van der Waals surface area contributed by atoms with Gasteiger partial charge in [0.25, 0.3) is 0 Å². The van der Waals surface area contributed by atoms with Gasteiger partial charge in [0.05, 0.1) is 12.3 Å². The summed E-state index contributed by atoms with van der Waals surface area (Å²) in [7, 11) is 0. The van der Waals surface area contributed by atoms with Crippen LogP contribution >= 0.6 is 0 Å². The summed E-state index contributed by atoms with van der Waals surface area (Å²) in [6, 6.07) is 14.2. The first kappa shape index (κ1) is 20.5. The third kappa shape index (κ3) is 4.44. The predicted molar refractivity (Wildman–Crippen MR) is 127 cm³/mol. The first-order valence-corrected chi connectivity index (χ1v) is 11.4. The SMILES string of the molecule is CCOc1ccc(-c2ccc(N3CCN(c4cc(N5CCCC5)ncn4)CC3)nn2)cc1. The summed E-state index contributed by atoms with van der Waals surface area (Å²) in [4.78, 5) is 16.0. The molecule has 0 aliphatic carbocycles. The van der Waals surface area contributed by atoms with Crippen molar-refractivity contribution in [2.24, 2.45) is 0 Å². The number of aromatic nitrogens is 4. The van der Waals surface area contributed by atoms with Crippen LogP contribution in [0.25, 0.3) is 11.3 Å². The summed E-state index contributed by atoms with van der Waals surface area (Å²) >= 11 is 0. The summed E-state index contributed by atoms with van der Waals surface area (Å²) in [6.07, 6.45) is 4.19. The van der Waals surface area contributed by atoms with Gasteiger partial charge >= 0.3 is 0 Å². The van der Waals surface area contributed by atoms with E-state index in [1.165, 1.54) is 12.8 Å². The second-order valence-electron chi connectivity index (χ2n) is 8.14. The van der Waals surface area contributed by atoms with E-state index in [0.29, 0.717) is 6.61 Å². The number of ether oxygens (including phenoxy) is 1. The van der Waals surface area contributed by atoms with E-state index in [-0.39, 0.29) is 0 Å². The molecule has 0 N–H and O–H groups in total. The van der Waals surface area contributed by atoms with E-state index in [0.717, 1.165) is 73.7 Å². The molecular weight excluding hydrogens is 402 g/mol. The summed E-state index contributed by atoms with van der Waals surface area (Å²) in [5, 5.41) is 8.96. The molecule has 2 aromatic heterocycles. The minimum absolute atomic E-state index is 0.665. The van der Waals surface area contributed by atoms with Crippen LogP contribution in [0.2, 0.25) is 0 Å². The van der Waals surface area contributed by atoms with Crippen LogP contribution in [-0.2, 0) is 0 Å². The average Bonchev–Trinajstić information content (AvgIpc) is 3.40. The first-order valence-electron chi connectivity index (χ1n) is 11.4. The van der Waals surface area contributed by atoms with Crippen LogP contribution in [0.15, 0.2) is 48.8 Å². The Morgan fingerprint density at radius 3 is 1.94 bits per heavy atom. The summed E-state index contributed by atoms with van der Waals surface area (Å²) in [5.41, 5.74) is 1.90. The number of nitrogens with zero attached hydrogens (tertiary/aromatic N) is 7. The van der Waals surface area contributed by atoms with Crippen LogP contribution in [0, 0.1) is 0 Å². The smallest absolute Gasteiger partial charge is 0.151 e. The van der Waals surface area contributed by atoms with Crippen LogP contribution in [0.1, 0.15) is 19.8 Å². The van der Waals surface area contributed by atoms with Gasteiger partial charge in [-0.3, -0.25) is 0 Å². The van der Waals surface area contributed by atoms with E-state index in [4.69, 9.17) is 4.74 Å². The minimum Gasteiger partial charge on any atom is -0.494 e. The fraction of sp³-hybridized carbons (Fsp3) is 0.417. The number of hydrogen-bond donors (Lipinski definition) is 0. The van der Waals surface area contributed by atoms with Crippen LogP contribution in [0.3, 0.4) is 0 Å². The second kappa shape index (κ2) is 9.38. The molecule has 4 heterocycles. The van der Waals surface area contributed by atoms with Gasteiger partial charge < -0.3 is 19.4 Å². The average molecular weight is 432 g/mol. The van der Waals surface area contributed by atoms with Gasteiger partial charge in [-0.2, -0.15) is 0 Å². The quantitative estimate of drug-likeness (QED) is 0.589. The van der Waals surface area contributed by atoms with Crippen molar-refractivity contribution in [3.63, 3.8) is 0 Å². The molecule has 0 radical (unpaired) electrons. The highest BCUT2D eigenvalue weighted by molar-refractivity contribution is 5.61. The lowest BCUT2D eigenvalue weighted by Crippen LogP contribution is -2.47. The standard InChI is InChI=1S/C24H29N7O/c1-2-32-20-7-5-19(6-8-20)21-9-10-22(28-27-21)30-13-15-31(16-14-30)24-17-23(25-18-26-24)29-11-3-4-12-29/h5-10,17-18H,2-4,11-16H2,1H3. The van der Waals surface area contributed by atoms with Gasteiger partial charge in [-0.05, 0) is 56.2 Å². The van der Waals surface area contributed by atoms with Gasteiger partial charge in [-0.1, -0.05) is 0 Å². The van der Waals surface area contributed by atoms with E-state index in [1.807, 2.05) is 37.3 Å². The van der Waals surface area contributed by atoms with Gasteiger partial charge in [0, 0.05) is 50.9 Å². The van der Waals surface area contributed by atoms with E-state index in [1.54, 1.807) is 6.33 Å². The second-order valence-corrected chi connectivity index (χ2v) is 8.14. The Balaban J connectivity index is 1.20. The lowest BCUT2D eigenvalue weighted by atomic mass is 10.1. The number of rotatable bonds is 6. The lowest BCUT2D eigenvalue weighted by Gasteiger charge is -2.36. The Morgan fingerprint density at radius 1 is 0.719 bits per heavy atom. The molecule has 0 unspecified atom stereocenters. The molecule has 0 spiro atoms. The van der Waals surface area contributed by atoms with E-state index < -0.39 is 0 Å². The molecule has 32 heavy (non-hydrogen) atoms. The summed E-state index contributed by atoms with van der Waals surface area (Å²) in [5.74, 6) is 3.85. The van der Waals surface area contributed by atoms with E-state index in [9.17, 15) is 0 Å². The van der Waals surface area contributed by atoms with Gasteiger partial charge in [0.1, 0.15) is 23.7 Å².